The van der Waals surface area contributed by atoms with E-state index in [0.29, 0.717) is 25.1 Å². The molecule has 0 bridgehead atoms. The van der Waals surface area contributed by atoms with Crippen LogP contribution in [0.4, 0.5) is 5.82 Å². The van der Waals surface area contributed by atoms with Crippen molar-refractivity contribution in [1.29, 1.82) is 0 Å². The lowest BCUT2D eigenvalue weighted by molar-refractivity contribution is -0.123. The van der Waals surface area contributed by atoms with E-state index in [2.05, 4.69) is 46.0 Å². The average Bonchev–Trinajstić information content (AvgIpc) is 3.34. The summed E-state index contributed by atoms with van der Waals surface area (Å²) in [5.41, 5.74) is 17.6. The first-order valence-corrected chi connectivity index (χ1v) is 13.7. The van der Waals surface area contributed by atoms with E-state index < -0.39 is 5.41 Å². The quantitative estimate of drug-likeness (QED) is 0.235. The molecule has 4 N–H and O–H groups in total. The summed E-state index contributed by atoms with van der Waals surface area (Å²) in [4.78, 5) is 22.5. The van der Waals surface area contributed by atoms with Gasteiger partial charge in [-0.05, 0) is 54.2 Å². The number of ether oxygens (including phenoxy) is 1. The number of primary amides is 1. The Bertz CT molecular complexity index is 1740. The van der Waals surface area contributed by atoms with E-state index in [1.54, 1.807) is 7.11 Å². The molecule has 1 amide bonds. The maximum Gasteiger partial charge on any atom is 0.228 e. The van der Waals surface area contributed by atoms with Gasteiger partial charge in [0.25, 0.3) is 0 Å². The summed E-state index contributed by atoms with van der Waals surface area (Å²) >= 11 is 0. The molecule has 0 saturated carbocycles. The number of fused-ring (bicyclic) bond motifs is 4. The standard InChI is InChI=1S/C33H33N5O2/c1-40-24-16-14-22(15-17-24)21-28-37-29-30(25-11-3-5-13-27(25)36-31(29)34)38(28)20-7-6-18-33(32(35)39)19-8-10-23-9-2-4-12-26(23)33/h2-5,8-17H,6-7,18-21H2,1H3,(H2,34,36)(H2,35,39). The number of methoxy groups -OCH3 is 1. The van der Waals surface area contributed by atoms with E-state index >= 15 is 0 Å². The zero-order valence-electron chi connectivity index (χ0n) is 22.6. The van der Waals surface area contributed by atoms with Crippen molar-refractivity contribution in [2.75, 3.05) is 12.8 Å². The van der Waals surface area contributed by atoms with Gasteiger partial charge in [0.2, 0.25) is 5.91 Å². The molecule has 0 aliphatic heterocycles. The number of hydrogen-bond donors (Lipinski definition) is 2. The molecule has 1 atom stereocenters. The van der Waals surface area contributed by atoms with E-state index in [9.17, 15) is 4.79 Å². The van der Waals surface area contributed by atoms with Crippen molar-refractivity contribution >= 4 is 39.7 Å². The third-order valence-electron chi connectivity index (χ3n) is 8.16. The largest absolute Gasteiger partial charge is 0.497 e. The highest BCUT2D eigenvalue weighted by atomic mass is 16.5. The van der Waals surface area contributed by atoms with Crippen LogP contribution < -0.4 is 16.2 Å². The third-order valence-corrected chi connectivity index (χ3v) is 8.16. The Morgan fingerprint density at radius 2 is 1.77 bits per heavy atom. The second-order valence-electron chi connectivity index (χ2n) is 10.5. The van der Waals surface area contributed by atoms with Crippen LogP contribution in [0.15, 0.2) is 78.9 Å². The SMILES string of the molecule is COc1ccc(Cc2nc3c(N)nc4ccccc4c3n2CCCCC2(C(N)=O)CC=Cc3ccccc32)cc1. The predicted octanol–water partition coefficient (Wildman–Crippen LogP) is 5.78. The molecular formula is C33H33N5O2. The Kier molecular flexibility index (Phi) is 6.72. The topological polar surface area (TPSA) is 109 Å². The lowest BCUT2D eigenvalue weighted by atomic mass is 9.69. The predicted molar refractivity (Wildman–Crippen MR) is 160 cm³/mol. The smallest absolute Gasteiger partial charge is 0.228 e. The zero-order valence-corrected chi connectivity index (χ0v) is 22.6. The molecule has 2 heterocycles. The lowest BCUT2D eigenvalue weighted by Gasteiger charge is -2.34. The van der Waals surface area contributed by atoms with Gasteiger partial charge in [-0.1, -0.05) is 73.2 Å². The number of nitrogen functional groups attached to an aromatic ring is 1. The van der Waals surface area contributed by atoms with Gasteiger partial charge in [0.05, 0.1) is 23.6 Å². The highest BCUT2D eigenvalue weighted by Crippen LogP contribution is 2.40. The number of rotatable bonds is 9. The normalized spacial score (nSPS) is 16.3. The summed E-state index contributed by atoms with van der Waals surface area (Å²) in [5, 5.41) is 1.03. The average molecular weight is 532 g/mol. The number of pyridine rings is 1. The van der Waals surface area contributed by atoms with Crippen molar-refractivity contribution < 1.29 is 9.53 Å². The number of anilines is 1. The fraction of sp³-hybridized carbons (Fsp3) is 0.242. The molecule has 7 nitrogen and oxygen atoms in total. The first kappa shape index (κ1) is 25.6. The number of carbonyl (C=O) groups is 1. The van der Waals surface area contributed by atoms with Gasteiger partial charge < -0.3 is 20.8 Å². The van der Waals surface area contributed by atoms with Gasteiger partial charge in [-0.2, -0.15) is 0 Å². The van der Waals surface area contributed by atoms with Gasteiger partial charge in [0.15, 0.2) is 5.82 Å². The number of hydrogen-bond acceptors (Lipinski definition) is 5. The Balaban J connectivity index is 1.33. The fourth-order valence-corrected chi connectivity index (χ4v) is 6.07. The van der Waals surface area contributed by atoms with Gasteiger partial charge in [0, 0.05) is 18.4 Å². The number of carbonyl (C=O) groups excluding carboxylic acids is 1. The third kappa shape index (κ3) is 4.47. The van der Waals surface area contributed by atoms with E-state index in [4.69, 9.17) is 21.2 Å². The van der Waals surface area contributed by atoms with Crippen molar-refractivity contribution in [2.24, 2.45) is 5.73 Å². The van der Waals surface area contributed by atoms with Gasteiger partial charge in [0.1, 0.15) is 17.1 Å². The molecule has 0 saturated heterocycles. The van der Waals surface area contributed by atoms with Crippen LogP contribution in [-0.2, 0) is 23.2 Å². The van der Waals surface area contributed by atoms with Crippen LogP contribution in [0.2, 0.25) is 0 Å². The maximum absolute atomic E-state index is 12.9. The molecule has 6 rings (SSSR count). The molecule has 7 heteroatoms. The Hall–Kier alpha value is -4.65. The van der Waals surface area contributed by atoms with E-state index in [1.807, 2.05) is 48.5 Å². The van der Waals surface area contributed by atoms with E-state index in [-0.39, 0.29) is 5.91 Å². The molecule has 0 fully saturated rings. The summed E-state index contributed by atoms with van der Waals surface area (Å²) in [5.74, 6) is 1.92. The Labute approximate surface area is 233 Å². The fourth-order valence-electron chi connectivity index (χ4n) is 6.07. The van der Waals surface area contributed by atoms with Gasteiger partial charge in [-0.15, -0.1) is 0 Å². The first-order valence-electron chi connectivity index (χ1n) is 13.7. The molecule has 3 aromatic carbocycles. The number of nitrogens with zero attached hydrogens (tertiary/aromatic N) is 3. The minimum Gasteiger partial charge on any atom is -0.497 e. The summed E-state index contributed by atoms with van der Waals surface area (Å²) in [6.45, 7) is 0.738. The second kappa shape index (κ2) is 10.5. The summed E-state index contributed by atoms with van der Waals surface area (Å²) in [6.07, 6.45) is 7.83. The summed E-state index contributed by atoms with van der Waals surface area (Å²) in [7, 11) is 1.67. The number of benzene rings is 3. The number of para-hydroxylation sites is 1. The molecule has 0 radical (unpaired) electrons. The minimum atomic E-state index is -0.685. The van der Waals surface area contributed by atoms with Crippen LogP contribution in [-0.4, -0.2) is 27.6 Å². The van der Waals surface area contributed by atoms with Crippen LogP contribution >= 0.6 is 0 Å². The van der Waals surface area contributed by atoms with Crippen LogP contribution in [0.1, 0.15) is 48.2 Å². The van der Waals surface area contributed by atoms with E-state index in [0.717, 1.165) is 69.6 Å². The van der Waals surface area contributed by atoms with Crippen LogP contribution in [0.25, 0.3) is 28.0 Å². The minimum absolute atomic E-state index is 0.262. The molecule has 40 heavy (non-hydrogen) atoms. The maximum atomic E-state index is 12.9. The summed E-state index contributed by atoms with van der Waals surface area (Å²) < 4.78 is 7.62. The molecule has 1 aliphatic carbocycles. The van der Waals surface area contributed by atoms with Gasteiger partial charge in [-0.25, -0.2) is 9.97 Å². The van der Waals surface area contributed by atoms with Gasteiger partial charge >= 0.3 is 0 Å². The second-order valence-corrected chi connectivity index (χ2v) is 10.5. The molecular weight excluding hydrogens is 498 g/mol. The number of unbranched alkanes of at least 4 members (excludes halogenated alkanes) is 1. The first-order chi connectivity index (χ1) is 19.5. The van der Waals surface area contributed by atoms with Crippen molar-refractivity contribution in [3.8, 4) is 5.75 Å². The monoisotopic (exact) mass is 531 g/mol. The molecule has 0 spiro atoms. The summed E-state index contributed by atoms with van der Waals surface area (Å²) in [6, 6.07) is 24.2. The van der Waals surface area contributed by atoms with Crippen molar-refractivity contribution in [2.45, 2.75) is 44.1 Å². The highest BCUT2D eigenvalue weighted by molar-refractivity contribution is 6.06. The van der Waals surface area contributed by atoms with Crippen LogP contribution in [0, 0.1) is 0 Å². The Morgan fingerprint density at radius 1 is 1.00 bits per heavy atom. The molecule has 1 unspecified atom stereocenters. The number of aromatic nitrogens is 3. The lowest BCUT2D eigenvalue weighted by Crippen LogP contribution is -2.42. The number of allylic oxidation sites excluding steroid dienone is 1. The number of imidazole rings is 1. The molecule has 202 valence electrons. The van der Waals surface area contributed by atoms with E-state index in [1.165, 1.54) is 0 Å². The number of amides is 1. The van der Waals surface area contributed by atoms with Crippen molar-refractivity contribution in [3.63, 3.8) is 0 Å². The van der Waals surface area contributed by atoms with Crippen molar-refractivity contribution in [1.82, 2.24) is 14.5 Å². The molecule has 1 aliphatic rings. The zero-order chi connectivity index (χ0) is 27.7. The number of aryl methyl sites for hydroxylation is 1. The molecule has 5 aromatic rings. The number of nitrogens with two attached hydrogens (primary N) is 2. The Morgan fingerprint density at radius 3 is 2.58 bits per heavy atom. The van der Waals surface area contributed by atoms with Crippen LogP contribution in [0.5, 0.6) is 5.75 Å². The van der Waals surface area contributed by atoms with Gasteiger partial charge in [-0.3, -0.25) is 4.79 Å². The van der Waals surface area contributed by atoms with Crippen molar-refractivity contribution in [3.05, 3.63) is 101 Å². The highest BCUT2D eigenvalue weighted by Gasteiger charge is 2.39. The van der Waals surface area contributed by atoms with Crippen LogP contribution in [0.3, 0.4) is 0 Å². The molecule has 2 aromatic heterocycles.